The lowest BCUT2D eigenvalue weighted by atomic mass is 10.2. The van der Waals surface area contributed by atoms with E-state index in [1.807, 2.05) is 13.1 Å². The molecule has 0 aliphatic heterocycles. The zero-order valence-electron chi connectivity index (χ0n) is 8.97. The van der Waals surface area contributed by atoms with Crippen molar-refractivity contribution < 1.29 is 0 Å². The molecule has 0 radical (unpaired) electrons. The van der Waals surface area contributed by atoms with Gasteiger partial charge in [-0.25, -0.2) is 9.97 Å². The van der Waals surface area contributed by atoms with Gasteiger partial charge in [0.05, 0.1) is 17.5 Å². The number of nitrogen functional groups attached to an aromatic ring is 1. The molecule has 0 bridgehead atoms. The van der Waals surface area contributed by atoms with Crippen LogP contribution in [0.2, 0.25) is 0 Å². The summed E-state index contributed by atoms with van der Waals surface area (Å²) in [6.07, 6.45) is 3.44. The van der Waals surface area contributed by atoms with Gasteiger partial charge in [0.25, 0.3) is 0 Å². The fourth-order valence-corrected chi connectivity index (χ4v) is 1.40. The highest BCUT2D eigenvalue weighted by Crippen LogP contribution is 2.18. The topological polar surface area (TPSA) is 93.4 Å². The quantitative estimate of drug-likeness (QED) is 0.751. The first-order chi connectivity index (χ1) is 7.61. The summed E-state index contributed by atoms with van der Waals surface area (Å²) in [6, 6.07) is 1.98. The molecule has 2 aromatic heterocycles. The average molecular weight is 214 g/mol. The van der Waals surface area contributed by atoms with Gasteiger partial charge in [0.15, 0.2) is 5.82 Å². The molecule has 2 aromatic rings. The summed E-state index contributed by atoms with van der Waals surface area (Å²) in [5, 5.41) is 12.9. The van der Waals surface area contributed by atoms with Gasteiger partial charge in [0.1, 0.15) is 17.5 Å². The maximum atomic E-state index is 8.84. The lowest BCUT2D eigenvalue weighted by Gasteiger charge is -2.03. The Morgan fingerprint density at radius 2 is 2.19 bits per heavy atom. The molecule has 16 heavy (non-hydrogen) atoms. The second-order valence-corrected chi connectivity index (χ2v) is 3.41. The minimum atomic E-state index is 0.203. The van der Waals surface area contributed by atoms with Gasteiger partial charge in [0, 0.05) is 13.2 Å². The SMILES string of the molecule is Cc1nc(-c2cnn(C)c2)nc(N)c1C#N. The summed E-state index contributed by atoms with van der Waals surface area (Å²) in [7, 11) is 1.81. The van der Waals surface area contributed by atoms with Crippen LogP contribution in [0.3, 0.4) is 0 Å². The molecule has 80 valence electrons. The highest BCUT2D eigenvalue weighted by molar-refractivity contribution is 5.59. The Morgan fingerprint density at radius 1 is 1.44 bits per heavy atom. The fourth-order valence-electron chi connectivity index (χ4n) is 1.40. The fraction of sp³-hybridized carbons (Fsp3) is 0.200. The van der Waals surface area contributed by atoms with Crippen molar-refractivity contribution in [2.24, 2.45) is 7.05 Å². The van der Waals surface area contributed by atoms with Crippen LogP contribution in [0.1, 0.15) is 11.3 Å². The first-order valence-electron chi connectivity index (χ1n) is 4.65. The van der Waals surface area contributed by atoms with E-state index in [4.69, 9.17) is 11.0 Å². The molecule has 0 saturated heterocycles. The molecule has 2 heterocycles. The molecule has 0 amide bonds. The van der Waals surface area contributed by atoms with Crippen LogP contribution < -0.4 is 5.73 Å². The van der Waals surface area contributed by atoms with E-state index in [0.717, 1.165) is 5.56 Å². The predicted molar refractivity (Wildman–Crippen MR) is 58.1 cm³/mol. The summed E-state index contributed by atoms with van der Waals surface area (Å²) >= 11 is 0. The van der Waals surface area contributed by atoms with Crippen LogP contribution in [0, 0.1) is 18.3 Å². The zero-order valence-corrected chi connectivity index (χ0v) is 8.97. The van der Waals surface area contributed by atoms with Crippen LogP contribution in [-0.2, 0) is 7.05 Å². The summed E-state index contributed by atoms with van der Waals surface area (Å²) in [6.45, 7) is 1.73. The number of nitriles is 1. The number of nitrogens with two attached hydrogens (primary N) is 1. The maximum Gasteiger partial charge on any atom is 0.165 e. The number of nitrogens with zero attached hydrogens (tertiary/aromatic N) is 5. The standard InChI is InChI=1S/C10H10N6/c1-6-8(3-11)9(12)15-10(14-6)7-4-13-16(2)5-7/h4-5H,1-2H3,(H2,12,14,15). The summed E-state index contributed by atoms with van der Waals surface area (Å²) in [5.41, 5.74) is 7.36. The Labute approximate surface area is 92.4 Å². The van der Waals surface area contributed by atoms with Gasteiger partial charge in [-0.3, -0.25) is 4.68 Å². The molecule has 6 nitrogen and oxygen atoms in total. The Morgan fingerprint density at radius 3 is 2.69 bits per heavy atom. The largest absolute Gasteiger partial charge is 0.382 e. The highest BCUT2D eigenvalue weighted by Gasteiger charge is 2.10. The Bertz CT molecular complexity index is 554. The van der Waals surface area contributed by atoms with Crippen LogP contribution in [0.15, 0.2) is 12.4 Å². The van der Waals surface area contributed by atoms with E-state index in [2.05, 4.69) is 15.1 Å². The molecule has 2 N–H and O–H groups in total. The lowest BCUT2D eigenvalue weighted by molar-refractivity contribution is 0.768. The van der Waals surface area contributed by atoms with Crippen molar-refractivity contribution in [3.63, 3.8) is 0 Å². The van der Waals surface area contributed by atoms with Crippen LogP contribution in [0.5, 0.6) is 0 Å². The van der Waals surface area contributed by atoms with Gasteiger partial charge >= 0.3 is 0 Å². The van der Waals surface area contributed by atoms with E-state index < -0.39 is 0 Å². The third-order valence-electron chi connectivity index (χ3n) is 2.19. The molecule has 6 heteroatoms. The van der Waals surface area contributed by atoms with Crippen molar-refractivity contribution in [1.29, 1.82) is 5.26 Å². The minimum Gasteiger partial charge on any atom is -0.382 e. The lowest BCUT2D eigenvalue weighted by Crippen LogP contribution is -2.02. The number of aryl methyl sites for hydroxylation is 2. The van der Waals surface area contributed by atoms with Gasteiger partial charge in [-0.05, 0) is 6.92 Å². The molecule has 2 rings (SSSR count). The van der Waals surface area contributed by atoms with Crippen LogP contribution in [0.25, 0.3) is 11.4 Å². The second kappa shape index (κ2) is 3.62. The zero-order chi connectivity index (χ0) is 11.7. The molecular formula is C10H10N6. The van der Waals surface area contributed by atoms with Crippen molar-refractivity contribution in [2.75, 3.05) is 5.73 Å². The number of hydrogen-bond donors (Lipinski definition) is 1. The van der Waals surface area contributed by atoms with E-state index in [0.29, 0.717) is 17.1 Å². The van der Waals surface area contributed by atoms with Crippen molar-refractivity contribution in [3.8, 4) is 17.5 Å². The van der Waals surface area contributed by atoms with Crippen LogP contribution in [-0.4, -0.2) is 19.7 Å². The third kappa shape index (κ3) is 1.59. The number of aromatic nitrogens is 4. The first kappa shape index (κ1) is 10.1. The summed E-state index contributed by atoms with van der Waals surface area (Å²) in [4.78, 5) is 8.30. The smallest absolute Gasteiger partial charge is 0.165 e. The van der Waals surface area contributed by atoms with Gasteiger partial charge in [-0.15, -0.1) is 0 Å². The van der Waals surface area contributed by atoms with Gasteiger partial charge < -0.3 is 5.73 Å². The maximum absolute atomic E-state index is 8.84. The average Bonchev–Trinajstić information content (AvgIpc) is 2.64. The van der Waals surface area contributed by atoms with Gasteiger partial charge in [0.2, 0.25) is 0 Å². The molecule has 0 aliphatic carbocycles. The molecule has 0 spiro atoms. The molecule has 0 aromatic carbocycles. The van der Waals surface area contributed by atoms with Crippen molar-refractivity contribution in [2.45, 2.75) is 6.92 Å². The second-order valence-electron chi connectivity index (χ2n) is 3.41. The monoisotopic (exact) mass is 214 g/mol. The van der Waals surface area contributed by atoms with Crippen LogP contribution >= 0.6 is 0 Å². The van der Waals surface area contributed by atoms with Crippen molar-refractivity contribution >= 4 is 5.82 Å². The van der Waals surface area contributed by atoms with Crippen LogP contribution in [0.4, 0.5) is 5.82 Å². The Hall–Kier alpha value is -2.42. The van der Waals surface area contributed by atoms with Gasteiger partial charge in [-0.2, -0.15) is 10.4 Å². The van der Waals surface area contributed by atoms with E-state index in [9.17, 15) is 0 Å². The van der Waals surface area contributed by atoms with E-state index >= 15 is 0 Å². The number of anilines is 1. The minimum absolute atomic E-state index is 0.203. The molecular weight excluding hydrogens is 204 g/mol. The van der Waals surface area contributed by atoms with Gasteiger partial charge in [-0.1, -0.05) is 0 Å². The first-order valence-corrected chi connectivity index (χ1v) is 4.65. The van der Waals surface area contributed by atoms with E-state index in [-0.39, 0.29) is 5.82 Å². The molecule has 0 fully saturated rings. The normalized spacial score (nSPS) is 10.1. The molecule has 0 unspecified atom stereocenters. The number of hydrogen-bond acceptors (Lipinski definition) is 5. The Balaban J connectivity index is 2.57. The van der Waals surface area contributed by atoms with Crippen molar-refractivity contribution in [1.82, 2.24) is 19.7 Å². The van der Waals surface area contributed by atoms with Crippen molar-refractivity contribution in [3.05, 3.63) is 23.7 Å². The summed E-state index contributed by atoms with van der Waals surface area (Å²) < 4.78 is 1.66. The van der Waals surface area contributed by atoms with E-state index in [1.54, 1.807) is 24.0 Å². The third-order valence-corrected chi connectivity index (χ3v) is 2.19. The van der Waals surface area contributed by atoms with E-state index in [1.165, 1.54) is 0 Å². The summed E-state index contributed by atoms with van der Waals surface area (Å²) in [5.74, 6) is 0.691. The number of rotatable bonds is 1. The highest BCUT2D eigenvalue weighted by atomic mass is 15.2. The molecule has 0 atom stereocenters. The molecule has 0 aliphatic rings. The Kier molecular flexibility index (Phi) is 2.29. The predicted octanol–water partition coefficient (Wildman–Crippen LogP) is 0.639. The molecule has 0 saturated carbocycles.